The lowest BCUT2D eigenvalue weighted by Gasteiger charge is -2.32. The molecule has 2 aromatic rings. The molecular formula is C23H29Cl2N3O4S. The van der Waals surface area contributed by atoms with Gasteiger partial charge in [-0.05, 0) is 49.6 Å². The van der Waals surface area contributed by atoms with E-state index in [1.807, 2.05) is 6.92 Å². The monoisotopic (exact) mass is 513 g/mol. The number of hydrogen-bond acceptors (Lipinski definition) is 4. The lowest BCUT2D eigenvalue weighted by Crippen LogP contribution is -2.51. The number of hydrogen-bond donors (Lipinski definition) is 1. The molecule has 0 unspecified atom stereocenters. The van der Waals surface area contributed by atoms with Gasteiger partial charge in [-0.1, -0.05) is 54.4 Å². The quantitative estimate of drug-likeness (QED) is 0.519. The van der Waals surface area contributed by atoms with Crippen molar-refractivity contribution in [1.29, 1.82) is 0 Å². The number of carbonyl (C=O) groups excluding carboxylic acids is 2. The van der Waals surface area contributed by atoms with Crippen LogP contribution in [0.3, 0.4) is 0 Å². The first-order valence-electron chi connectivity index (χ1n) is 10.5. The van der Waals surface area contributed by atoms with Crippen LogP contribution in [-0.4, -0.2) is 50.5 Å². The van der Waals surface area contributed by atoms with Crippen LogP contribution in [0, 0.1) is 6.92 Å². The molecule has 1 atom stereocenters. The smallest absolute Gasteiger partial charge is 0.244 e. The number of anilines is 1. The molecule has 0 bridgehead atoms. The third-order valence-electron chi connectivity index (χ3n) is 5.13. The highest BCUT2D eigenvalue weighted by atomic mass is 35.5. The van der Waals surface area contributed by atoms with Crippen molar-refractivity contribution in [2.75, 3.05) is 23.7 Å². The molecule has 2 amide bonds. The lowest BCUT2D eigenvalue weighted by molar-refractivity contribution is -0.139. The van der Waals surface area contributed by atoms with E-state index in [1.165, 1.54) is 11.0 Å². The maximum absolute atomic E-state index is 13.5. The molecule has 0 spiro atoms. The third kappa shape index (κ3) is 7.35. The molecule has 33 heavy (non-hydrogen) atoms. The number of carbonyl (C=O) groups is 2. The highest BCUT2D eigenvalue weighted by Crippen LogP contribution is 2.27. The first kappa shape index (κ1) is 27.0. The Morgan fingerprint density at radius 2 is 1.79 bits per heavy atom. The summed E-state index contributed by atoms with van der Waals surface area (Å²) < 4.78 is 26.3. The van der Waals surface area contributed by atoms with E-state index in [0.717, 1.165) is 17.0 Å². The number of amides is 2. The van der Waals surface area contributed by atoms with Gasteiger partial charge in [0.15, 0.2) is 0 Å². The van der Waals surface area contributed by atoms with E-state index < -0.39 is 28.5 Å². The van der Waals surface area contributed by atoms with Crippen LogP contribution < -0.4 is 9.62 Å². The minimum atomic E-state index is -3.83. The van der Waals surface area contributed by atoms with Crippen LogP contribution in [0.15, 0.2) is 42.5 Å². The minimum absolute atomic E-state index is 0.0470. The van der Waals surface area contributed by atoms with Crippen LogP contribution >= 0.6 is 23.2 Å². The number of sulfonamides is 1. The van der Waals surface area contributed by atoms with Crippen molar-refractivity contribution in [3.63, 3.8) is 0 Å². The SMILES string of the molecule is CCCNC(=O)[C@@H](C)N(Cc1ccccc1Cl)C(=O)CN(c1cc(Cl)ccc1C)S(C)(=O)=O. The largest absolute Gasteiger partial charge is 0.354 e. The maximum Gasteiger partial charge on any atom is 0.244 e. The summed E-state index contributed by atoms with van der Waals surface area (Å²) in [7, 11) is -3.83. The number of aryl methyl sites for hydroxylation is 1. The Balaban J connectivity index is 2.43. The van der Waals surface area contributed by atoms with E-state index in [1.54, 1.807) is 50.2 Å². The summed E-state index contributed by atoms with van der Waals surface area (Å²) >= 11 is 12.4. The van der Waals surface area contributed by atoms with Crippen molar-refractivity contribution in [3.8, 4) is 0 Å². The Morgan fingerprint density at radius 3 is 2.39 bits per heavy atom. The molecule has 0 heterocycles. The zero-order valence-corrected chi connectivity index (χ0v) is 21.5. The molecule has 0 aliphatic rings. The van der Waals surface area contributed by atoms with Gasteiger partial charge in [0.25, 0.3) is 0 Å². The molecule has 0 aliphatic heterocycles. The molecular weight excluding hydrogens is 485 g/mol. The number of nitrogens with zero attached hydrogens (tertiary/aromatic N) is 2. The Morgan fingerprint density at radius 1 is 1.12 bits per heavy atom. The van der Waals surface area contributed by atoms with Gasteiger partial charge in [0.2, 0.25) is 21.8 Å². The summed E-state index contributed by atoms with van der Waals surface area (Å²) in [5.74, 6) is -0.874. The first-order chi connectivity index (χ1) is 15.5. The molecule has 0 saturated carbocycles. The van der Waals surface area contributed by atoms with Gasteiger partial charge in [-0.3, -0.25) is 13.9 Å². The molecule has 0 radical (unpaired) electrons. The van der Waals surface area contributed by atoms with Crippen molar-refractivity contribution in [1.82, 2.24) is 10.2 Å². The molecule has 2 aromatic carbocycles. The zero-order valence-electron chi connectivity index (χ0n) is 19.1. The Kier molecular flexibility index (Phi) is 9.57. The van der Waals surface area contributed by atoms with Gasteiger partial charge >= 0.3 is 0 Å². The molecule has 0 fully saturated rings. The molecule has 0 aromatic heterocycles. The van der Waals surface area contributed by atoms with Crippen LogP contribution in [0.4, 0.5) is 5.69 Å². The van der Waals surface area contributed by atoms with Gasteiger partial charge < -0.3 is 10.2 Å². The van der Waals surface area contributed by atoms with E-state index in [9.17, 15) is 18.0 Å². The van der Waals surface area contributed by atoms with Gasteiger partial charge in [0, 0.05) is 23.1 Å². The van der Waals surface area contributed by atoms with E-state index >= 15 is 0 Å². The molecule has 0 aliphatic carbocycles. The van der Waals surface area contributed by atoms with E-state index in [4.69, 9.17) is 23.2 Å². The second kappa shape index (κ2) is 11.7. The fourth-order valence-corrected chi connectivity index (χ4v) is 4.50. The summed E-state index contributed by atoms with van der Waals surface area (Å²) in [5, 5.41) is 3.58. The maximum atomic E-state index is 13.5. The normalized spacial score (nSPS) is 12.2. The van der Waals surface area contributed by atoms with Gasteiger partial charge in [0.1, 0.15) is 12.6 Å². The van der Waals surface area contributed by atoms with Crippen molar-refractivity contribution >= 4 is 50.7 Å². The molecule has 10 heteroatoms. The Bertz CT molecular complexity index is 1110. The molecule has 2 rings (SSSR count). The predicted octanol–water partition coefficient (Wildman–Crippen LogP) is 4.01. The van der Waals surface area contributed by atoms with Crippen LogP contribution in [0.2, 0.25) is 10.0 Å². The van der Waals surface area contributed by atoms with Crippen LogP contribution in [0.5, 0.6) is 0 Å². The second-order valence-corrected chi connectivity index (χ2v) is 10.5. The molecule has 7 nitrogen and oxygen atoms in total. The van der Waals surface area contributed by atoms with Crippen LogP contribution in [0.1, 0.15) is 31.4 Å². The van der Waals surface area contributed by atoms with Crippen molar-refractivity contribution < 1.29 is 18.0 Å². The summed E-state index contributed by atoms with van der Waals surface area (Å²) in [5.41, 5.74) is 1.59. The predicted molar refractivity (Wildman–Crippen MR) is 133 cm³/mol. The average Bonchev–Trinajstić information content (AvgIpc) is 2.75. The number of halogens is 2. The zero-order chi connectivity index (χ0) is 24.8. The average molecular weight is 514 g/mol. The van der Waals surface area contributed by atoms with Crippen LogP contribution in [0.25, 0.3) is 0 Å². The van der Waals surface area contributed by atoms with Crippen molar-refractivity contribution in [3.05, 3.63) is 63.6 Å². The van der Waals surface area contributed by atoms with Gasteiger partial charge in [-0.2, -0.15) is 0 Å². The number of benzene rings is 2. The lowest BCUT2D eigenvalue weighted by atomic mass is 10.1. The summed E-state index contributed by atoms with van der Waals surface area (Å²) in [6, 6.07) is 11.0. The topological polar surface area (TPSA) is 86.8 Å². The summed E-state index contributed by atoms with van der Waals surface area (Å²) in [4.78, 5) is 27.5. The fourth-order valence-electron chi connectivity index (χ4n) is 3.23. The highest BCUT2D eigenvalue weighted by Gasteiger charge is 2.30. The first-order valence-corrected chi connectivity index (χ1v) is 13.1. The Hall–Kier alpha value is -2.29. The van der Waals surface area contributed by atoms with Crippen LogP contribution in [-0.2, 0) is 26.2 Å². The van der Waals surface area contributed by atoms with Crippen molar-refractivity contribution in [2.24, 2.45) is 0 Å². The summed E-state index contributed by atoms with van der Waals surface area (Å²) in [6.07, 6.45) is 1.77. The third-order valence-corrected chi connectivity index (χ3v) is 6.86. The highest BCUT2D eigenvalue weighted by molar-refractivity contribution is 7.92. The summed E-state index contributed by atoms with van der Waals surface area (Å²) in [6.45, 7) is 5.29. The second-order valence-electron chi connectivity index (χ2n) is 7.78. The van der Waals surface area contributed by atoms with Gasteiger partial charge in [0.05, 0.1) is 11.9 Å². The van der Waals surface area contributed by atoms with Gasteiger partial charge in [-0.15, -0.1) is 0 Å². The van der Waals surface area contributed by atoms with E-state index in [2.05, 4.69) is 5.32 Å². The van der Waals surface area contributed by atoms with Gasteiger partial charge in [-0.25, -0.2) is 8.42 Å². The molecule has 1 N–H and O–H groups in total. The van der Waals surface area contributed by atoms with E-state index in [0.29, 0.717) is 33.4 Å². The molecule has 180 valence electrons. The van der Waals surface area contributed by atoms with E-state index in [-0.39, 0.29) is 12.5 Å². The fraction of sp³-hybridized carbons (Fsp3) is 0.391. The van der Waals surface area contributed by atoms with Crippen molar-refractivity contribution in [2.45, 2.75) is 39.8 Å². The number of nitrogens with one attached hydrogen (secondary N) is 1. The molecule has 0 saturated heterocycles. The Labute approximate surface area is 205 Å². The standard InChI is InChI=1S/C23H29Cl2N3O4S/c1-5-12-26-23(30)17(3)27(14-18-8-6-7-9-20(18)25)22(29)15-28(33(4,31)32)21-13-19(24)11-10-16(21)2/h6-11,13,17H,5,12,14-15H2,1-4H3,(H,26,30)/t17-/m1/s1. The number of rotatable bonds is 10. The minimum Gasteiger partial charge on any atom is -0.354 e.